The van der Waals surface area contributed by atoms with E-state index in [9.17, 15) is 0 Å². The predicted octanol–water partition coefficient (Wildman–Crippen LogP) is 3.30. The zero-order valence-electron chi connectivity index (χ0n) is 8.37. The summed E-state index contributed by atoms with van der Waals surface area (Å²) in [4.78, 5) is 0. The van der Waals surface area contributed by atoms with Crippen molar-refractivity contribution >= 4 is 5.69 Å². The third-order valence-electron chi connectivity index (χ3n) is 2.35. The minimum Gasteiger partial charge on any atom is -0.472 e. The lowest BCUT2D eigenvalue weighted by atomic mass is 10.1. The first-order valence-corrected chi connectivity index (χ1v) is 4.62. The Morgan fingerprint density at radius 2 is 2.00 bits per heavy atom. The molecule has 1 heterocycles. The van der Waals surface area contributed by atoms with Gasteiger partial charge >= 0.3 is 0 Å². The third-order valence-corrected chi connectivity index (χ3v) is 2.35. The molecular weight excluding hydrogens is 174 g/mol. The van der Waals surface area contributed by atoms with Crippen molar-refractivity contribution < 1.29 is 4.42 Å². The van der Waals surface area contributed by atoms with E-state index in [-0.39, 0.29) is 0 Å². The number of anilines is 1. The topological polar surface area (TPSA) is 25.2 Å². The fourth-order valence-corrected chi connectivity index (χ4v) is 1.55. The van der Waals surface area contributed by atoms with Gasteiger partial charge < -0.3 is 9.73 Å². The van der Waals surface area contributed by atoms with Crippen molar-refractivity contribution in [3.63, 3.8) is 0 Å². The summed E-state index contributed by atoms with van der Waals surface area (Å²) in [6, 6.07) is 8.28. The van der Waals surface area contributed by atoms with Crippen LogP contribution >= 0.6 is 0 Å². The maximum Gasteiger partial charge on any atom is 0.0980 e. The summed E-state index contributed by atoms with van der Waals surface area (Å²) in [6.45, 7) is 2.09. The fourth-order valence-electron chi connectivity index (χ4n) is 1.55. The molecule has 0 spiro atoms. The summed E-state index contributed by atoms with van der Waals surface area (Å²) in [5.41, 5.74) is 4.72. The number of hydrogen-bond acceptors (Lipinski definition) is 2. The molecule has 0 bridgehead atoms. The van der Waals surface area contributed by atoms with Gasteiger partial charge in [0, 0.05) is 18.3 Å². The second kappa shape index (κ2) is 3.58. The second-order valence-corrected chi connectivity index (χ2v) is 3.29. The summed E-state index contributed by atoms with van der Waals surface area (Å²) >= 11 is 0. The van der Waals surface area contributed by atoms with Crippen LogP contribution in [0.2, 0.25) is 0 Å². The first-order valence-electron chi connectivity index (χ1n) is 4.62. The number of benzene rings is 1. The zero-order chi connectivity index (χ0) is 9.97. The number of nitrogens with one attached hydrogen (secondary N) is 1. The summed E-state index contributed by atoms with van der Waals surface area (Å²) in [5.74, 6) is 0. The van der Waals surface area contributed by atoms with Crippen LogP contribution in [0.3, 0.4) is 0 Å². The first-order chi connectivity index (χ1) is 6.81. The summed E-state index contributed by atoms with van der Waals surface area (Å²) in [7, 11) is 1.93. The highest BCUT2D eigenvalue weighted by Gasteiger charge is 2.01. The third kappa shape index (κ3) is 1.51. The molecule has 0 saturated heterocycles. The van der Waals surface area contributed by atoms with E-state index < -0.39 is 0 Å². The molecule has 1 aromatic carbocycles. The molecule has 0 fully saturated rings. The molecule has 0 radical (unpaired) electrons. The molecular formula is C12H13NO. The van der Waals surface area contributed by atoms with Crippen molar-refractivity contribution in [2.75, 3.05) is 12.4 Å². The molecule has 72 valence electrons. The lowest BCUT2D eigenvalue weighted by Gasteiger charge is -2.06. The minimum atomic E-state index is 1.12. The molecule has 0 aliphatic carbocycles. The number of aryl methyl sites for hydroxylation is 1. The molecule has 2 nitrogen and oxygen atoms in total. The van der Waals surface area contributed by atoms with Crippen LogP contribution < -0.4 is 5.32 Å². The fraction of sp³-hybridized carbons (Fsp3) is 0.167. The Hall–Kier alpha value is -1.70. The Morgan fingerprint density at radius 3 is 2.57 bits per heavy atom. The summed E-state index contributed by atoms with van der Waals surface area (Å²) < 4.78 is 5.05. The van der Waals surface area contributed by atoms with Gasteiger partial charge in [0.25, 0.3) is 0 Å². The first kappa shape index (κ1) is 8.88. The lowest BCUT2D eigenvalue weighted by molar-refractivity contribution is 0.568. The molecule has 0 aliphatic rings. The number of hydrogen-bond donors (Lipinski definition) is 1. The van der Waals surface area contributed by atoms with Gasteiger partial charge in [-0.2, -0.15) is 0 Å². The van der Waals surface area contributed by atoms with Crippen LogP contribution in [0, 0.1) is 6.92 Å². The van der Waals surface area contributed by atoms with E-state index in [0.29, 0.717) is 0 Å². The van der Waals surface area contributed by atoms with Crippen molar-refractivity contribution in [2.24, 2.45) is 0 Å². The van der Waals surface area contributed by atoms with E-state index in [1.165, 1.54) is 11.1 Å². The van der Waals surface area contributed by atoms with Gasteiger partial charge in [0.15, 0.2) is 0 Å². The molecule has 0 atom stereocenters. The maximum absolute atomic E-state index is 5.05. The highest BCUT2D eigenvalue weighted by Crippen LogP contribution is 2.24. The molecule has 2 rings (SSSR count). The quantitative estimate of drug-likeness (QED) is 0.780. The average Bonchev–Trinajstić information content (AvgIpc) is 2.70. The Bertz CT molecular complexity index is 418. The van der Waals surface area contributed by atoms with Gasteiger partial charge in [0.05, 0.1) is 12.5 Å². The van der Waals surface area contributed by atoms with Gasteiger partial charge in [0.2, 0.25) is 0 Å². The van der Waals surface area contributed by atoms with Gasteiger partial charge in [-0.1, -0.05) is 6.07 Å². The van der Waals surface area contributed by atoms with Crippen molar-refractivity contribution in [2.45, 2.75) is 6.92 Å². The van der Waals surface area contributed by atoms with Gasteiger partial charge in [-0.25, -0.2) is 0 Å². The van der Waals surface area contributed by atoms with E-state index in [4.69, 9.17) is 4.42 Å². The van der Waals surface area contributed by atoms with E-state index in [2.05, 4.69) is 30.4 Å². The van der Waals surface area contributed by atoms with Crippen molar-refractivity contribution in [1.29, 1.82) is 0 Å². The van der Waals surface area contributed by atoms with Gasteiger partial charge in [0.1, 0.15) is 0 Å². The van der Waals surface area contributed by atoms with E-state index in [0.717, 1.165) is 11.3 Å². The monoisotopic (exact) mass is 187 g/mol. The van der Waals surface area contributed by atoms with Crippen LogP contribution in [0.4, 0.5) is 5.69 Å². The standard InChI is InChI=1S/C12H13NO/c1-9-7-10(3-4-12(9)13-2)11-5-6-14-8-11/h3-8,13H,1-2H3. The Balaban J connectivity index is 2.43. The van der Waals surface area contributed by atoms with Crippen LogP contribution in [0.5, 0.6) is 0 Å². The summed E-state index contributed by atoms with van der Waals surface area (Å²) in [6.07, 6.45) is 3.45. The van der Waals surface area contributed by atoms with Gasteiger partial charge in [-0.05, 0) is 36.2 Å². The Labute approximate surface area is 83.6 Å². The average molecular weight is 187 g/mol. The van der Waals surface area contributed by atoms with Crippen LogP contribution in [-0.4, -0.2) is 7.05 Å². The summed E-state index contributed by atoms with van der Waals surface area (Å²) in [5, 5.41) is 3.14. The minimum absolute atomic E-state index is 1.12. The van der Waals surface area contributed by atoms with Gasteiger partial charge in [-0.15, -0.1) is 0 Å². The maximum atomic E-state index is 5.05. The number of furan rings is 1. The molecule has 2 aromatic rings. The zero-order valence-corrected chi connectivity index (χ0v) is 8.37. The molecule has 14 heavy (non-hydrogen) atoms. The molecule has 2 heteroatoms. The molecule has 0 aliphatic heterocycles. The van der Waals surface area contributed by atoms with E-state index in [1.54, 1.807) is 12.5 Å². The Kier molecular flexibility index (Phi) is 2.27. The largest absolute Gasteiger partial charge is 0.472 e. The SMILES string of the molecule is CNc1ccc(-c2ccoc2)cc1C. The Morgan fingerprint density at radius 1 is 1.14 bits per heavy atom. The van der Waals surface area contributed by atoms with E-state index >= 15 is 0 Å². The normalized spacial score (nSPS) is 10.1. The van der Waals surface area contributed by atoms with Crippen LogP contribution in [0.1, 0.15) is 5.56 Å². The van der Waals surface area contributed by atoms with Crippen LogP contribution in [0.15, 0.2) is 41.2 Å². The molecule has 0 amide bonds. The van der Waals surface area contributed by atoms with Crippen molar-refractivity contribution in [3.05, 3.63) is 42.4 Å². The molecule has 0 unspecified atom stereocenters. The van der Waals surface area contributed by atoms with Crippen LogP contribution in [0.25, 0.3) is 11.1 Å². The highest BCUT2D eigenvalue weighted by atomic mass is 16.3. The van der Waals surface area contributed by atoms with Crippen LogP contribution in [-0.2, 0) is 0 Å². The van der Waals surface area contributed by atoms with Crippen molar-refractivity contribution in [1.82, 2.24) is 0 Å². The molecule has 0 saturated carbocycles. The van der Waals surface area contributed by atoms with Gasteiger partial charge in [-0.3, -0.25) is 0 Å². The highest BCUT2D eigenvalue weighted by molar-refractivity contribution is 5.67. The molecule has 1 N–H and O–H groups in total. The lowest BCUT2D eigenvalue weighted by Crippen LogP contribution is -1.91. The molecule has 1 aromatic heterocycles. The predicted molar refractivity (Wildman–Crippen MR) is 58.4 cm³/mol. The second-order valence-electron chi connectivity index (χ2n) is 3.29. The van der Waals surface area contributed by atoms with Crippen molar-refractivity contribution in [3.8, 4) is 11.1 Å². The van der Waals surface area contributed by atoms with E-state index in [1.807, 2.05) is 13.1 Å². The smallest absolute Gasteiger partial charge is 0.0980 e. The number of rotatable bonds is 2.